The van der Waals surface area contributed by atoms with E-state index in [1.54, 1.807) is 18.3 Å². The molecule has 100 valence electrons. The lowest BCUT2D eigenvalue weighted by Crippen LogP contribution is -2.17. The molecule has 5 heteroatoms. The van der Waals surface area contributed by atoms with Crippen molar-refractivity contribution >= 4 is 28.6 Å². The molecule has 3 rings (SSSR count). The van der Waals surface area contributed by atoms with Crippen LogP contribution in [-0.4, -0.2) is 10.9 Å². The van der Waals surface area contributed by atoms with Gasteiger partial charge in [0, 0.05) is 22.6 Å². The van der Waals surface area contributed by atoms with Crippen LogP contribution in [0, 0.1) is 6.92 Å². The van der Waals surface area contributed by atoms with Crippen molar-refractivity contribution in [3.8, 4) is 10.6 Å². The molecule has 0 aliphatic heterocycles. The van der Waals surface area contributed by atoms with Crippen molar-refractivity contribution in [1.29, 1.82) is 0 Å². The third kappa shape index (κ3) is 2.87. The van der Waals surface area contributed by atoms with Crippen LogP contribution in [0.2, 0.25) is 0 Å². The fourth-order valence-corrected chi connectivity index (χ4v) is 4.13. The molecule has 1 saturated carbocycles. The summed E-state index contributed by atoms with van der Waals surface area (Å²) < 4.78 is 0. The lowest BCUT2D eigenvalue weighted by Gasteiger charge is -1.97. The van der Waals surface area contributed by atoms with E-state index in [0.717, 1.165) is 11.6 Å². The van der Waals surface area contributed by atoms with E-state index in [9.17, 15) is 4.79 Å². The molecule has 1 amide bonds. The van der Waals surface area contributed by atoms with E-state index in [0.29, 0.717) is 6.54 Å². The molecule has 0 aromatic carbocycles. The Kier molecular flexibility index (Phi) is 3.41. The number of amides is 1. The summed E-state index contributed by atoms with van der Waals surface area (Å²) >= 11 is 3.55. The molecule has 1 fully saturated rings. The standard InChI is InChI=1S/C14H16N2OS2/c1-8-13(16-14(18-8)10-3-4-10)12-6-5-11(19-12)7-15-9(2)17/h5-6,10H,3-4,7H2,1-2H3,(H,15,17). The Hall–Kier alpha value is -1.20. The van der Waals surface area contributed by atoms with Gasteiger partial charge < -0.3 is 5.32 Å². The van der Waals surface area contributed by atoms with E-state index in [4.69, 9.17) is 4.98 Å². The summed E-state index contributed by atoms with van der Waals surface area (Å²) in [6.07, 6.45) is 2.59. The van der Waals surface area contributed by atoms with Crippen LogP contribution in [0.4, 0.5) is 0 Å². The van der Waals surface area contributed by atoms with E-state index in [1.165, 1.54) is 32.5 Å². The van der Waals surface area contributed by atoms with Crippen LogP contribution in [0.1, 0.15) is 40.4 Å². The van der Waals surface area contributed by atoms with Crippen LogP contribution < -0.4 is 5.32 Å². The van der Waals surface area contributed by atoms with Crippen molar-refractivity contribution in [2.45, 2.75) is 39.2 Å². The van der Waals surface area contributed by atoms with Gasteiger partial charge in [0.15, 0.2) is 0 Å². The first-order valence-electron chi connectivity index (χ1n) is 6.44. The zero-order valence-electron chi connectivity index (χ0n) is 11.0. The van der Waals surface area contributed by atoms with Gasteiger partial charge in [-0.15, -0.1) is 22.7 Å². The maximum absolute atomic E-state index is 10.9. The first kappa shape index (κ1) is 12.8. The van der Waals surface area contributed by atoms with Gasteiger partial charge in [-0.2, -0.15) is 0 Å². The van der Waals surface area contributed by atoms with Gasteiger partial charge in [0.05, 0.1) is 22.1 Å². The number of aromatic nitrogens is 1. The van der Waals surface area contributed by atoms with Gasteiger partial charge in [0.25, 0.3) is 0 Å². The van der Waals surface area contributed by atoms with Crippen LogP contribution in [-0.2, 0) is 11.3 Å². The molecule has 0 atom stereocenters. The summed E-state index contributed by atoms with van der Waals surface area (Å²) in [5, 5.41) is 4.12. The lowest BCUT2D eigenvalue weighted by molar-refractivity contribution is -0.119. The van der Waals surface area contributed by atoms with Gasteiger partial charge in [0.1, 0.15) is 0 Å². The SMILES string of the molecule is CC(=O)NCc1ccc(-c2nc(C3CC3)sc2C)s1. The smallest absolute Gasteiger partial charge is 0.217 e. The van der Waals surface area contributed by atoms with Crippen molar-refractivity contribution in [2.75, 3.05) is 0 Å². The maximum atomic E-state index is 10.9. The zero-order chi connectivity index (χ0) is 13.4. The second-order valence-corrected chi connectivity index (χ2v) is 7.31. The summed E-state index contributed by atoms with van der Waals surface area (Å²) in [6.45, 7) is 4.30. The summed E-state index contributed by atoms with van der Waals surface area (Å²) in [5.41, 5.74) is 1.13. The minimum absolute atomic E-state index is 0.0100. The van der Waals surface area contributed by atoms with E-state index in [2.05, 4.69) is 24.4 Å². The molecule has 0 bridgehead atoms. The van der Waals surface area contributed by atoms with Gasteiger partial charge >= 0.3 is 0 Å². The number of hydrogen-bond acceptors (Lipinski definition) is 4. The number of nitrogens with one attached hydrogen (secondary N) is 1. The fraction of sp³-hybridized carbons (Fsp3) is 0.429. The summed E-state index contributed by atoms with van der Waals surface area (Å²) in [4.78, 5) is 19.4. The molecule has 3 nitrogen and oxygen atoms in total. The number of carbonyl (C=O) groups excluding carboxylic acids is 1. The third-order valence-corrected chi connectivity index (χ3v) is 5.37. The quantitative estimate of drug-likeness (QED) is 0.933. The van der Waals surface area contributed by atoms with Crippen LogP contribution in [0.15, 0.2) is 12.1 Å². The summed E-state index contributed by atoms with van der Waals surface area (Å²) in [5.74, 6) is 0.729. The normalized spacial score (nSPS) is 14.6. The number of carbonyl (C=O) groups is 1. The first-order chi connectivity index (χ1) is 9.13. The monoisotopic (exact) mass is 292 g/mol. The highest BCUT2D eigenvalue weighted by molar-refractivity contribution is 7.16. The van der Waals surface area contributed by atoms with Crippen LogP contribution in [0.5, 0.6) is 0 Å². The molecule has 1 aliphatic rings. The fourth-order valence-electron chi connectivity index (χ4n) is 1.96. The number of rotatable bonds is 4. The van der Waals surface area contributed by atoms with Crippen LogP contribution in [0.25, 0.3) is 10.6 Å². The van der Waals surface area contributed by atoms with Gasteiger partial charge in [-0.3, -0.25) is 4.79 Å². The molecular weight excluding hydrogens is 276 g/mol. The van der Waals surface area contributed by atoms with Crippen LogP contribution >= 0.6 is 22.7 Å². The second-order valence-electron chi connectivity index (χ2n) is 4.91. The largest absolute Gasteiger partial charge is 0.351 e. The van der Waals surface area contributed by atoms with Crippen molar-refractivity contribution in [3.63, 3.8) is 0 Å². The Morgan fingerprint density at radius 3 is 2.89 bits per heavy atom. The van der Waals surface area contributed by atoms with Crippen molar-refractivity contribution in [3.05, 3.63) is 26.9 Å². The zero-order valence-corrected chi connectivity index (χ0v) is 12.7. The third-order valence-electron chi connectivity index (χ3n) is 3.15. The molecule has 2 heterocycles. The van der Waals surface area contributed by atoms with Crippen molar-refractivity contribution in [2.24, 2.45) is 0 Å². The minimum atomic E-state index is 0.0100. The molecule has 0 saturated heterocycles. The first-order valence-corrected chi connectivity index (χ1v) is 8.07. The Bertz CT molecular complexity index is 611. The van der Waals surface area contributed by atoms with E-state index >= 15 is 0 Å². The average Bonchev–Trinajstić information content (AvgIpc) is 2.98. The molecule has 0 spiro atoms. The van der Waals surface area contributed by atoms with Crippen LogP contribution in [0.3, 0.4) is 0 Å². The average molecular weight is 292 g/mol. The Morgan fingerprint density at radius 2 is 2.21 bits per heavy atom. The summed E-state index contributed by atoms with van der Waals surface area (Å²) in [7, 11) is 0. The Balaban J connectivity index is 1.79. The number of aryl methyl sites for hydroxylation is 1. The molecule has 0 radical (unpaired) electrons. The predicted octanol–water partition coefficient (Wildman–Crippen LogP) is 3.69. The predicted molar refractivity (Wildman–Crippen MR) is 79.7 cm³/mol. The summed E-state index contributed by atoms with van der Waals surface area (Å²) in [6, 6.07) is 4.19. The molecular formula is C14H16N2OS2. The second kappa shape index (κ2) is 5.06. The number of thiazole rings is 1. The topological polar surface area (TPSA) is 42.0 Å². The molecule has 2 aromatic heterocycles. The van der Waals surface area contributed by atoms with Gasteiger partial charge in [0.2, 0.25) is 5.91 Å². The number of nitrogens with zero attached hydrogens (tertiary/aromatic N) is 1. The lowest BCUT2D eigenvalue weighted by atomic mass is 10.3. The highest BCUT2D eigenvalue weighted by atomic mass is 32.1. The molecule has 1 aliphatic carbocycles. The highest BCUT2D eigenvalue weighted by Crippen LogP contribution is 2.44. The van der Waals surface area contributed by atoms with Crippen molar-refractivity contribution in [1.82, 2.24) is 10.3 Å². The molecule has 0 unspecified atom stereocenters. The number of hydrogen-bond donors (Lipinski definition) is 1. The Labute approximate surface area is 120 Å². The minimum Gasteiger partial charge on any atom is -0.351 e. The van der Waals surface area contributed by atoms with Crippen molar-refractivity contribution < 1.29 is 4.79 Å². The van der Waals surface area contributed by atoms with Gasteiger partial charge in [-0.1, -0.05) is 0 Å². The van der Waals surface area contributed by atoms with Gasteiger partial charge in [-0.25, -0.2) is 4.98 Å². The van der Waals surface area contributed by atoms with Gasteiger partial charge in [-0.05, 0) is 31.9 Å². The molecule has 2 aromatic rings. The Morgan fingerprint density at radius 1 is 1.42 bits per heavy atom. The number of thiophene rings is 1. The van der Waals surface area contributed by atoms with E-state index in [1.807, 2.05) is 11.3 Å². The maximum Gasteiger partial charge on any atom is 0.217 e. The van der Waals surface area contributed by atoms with E-state index < -0.39 is 0 Å². The molecule has 1 N–H and O–H groups in total. The molecule has 19 heavy (non-hydrogen) atoms. The highest BCUT2D eigenvalue weighted by Gasteiger charge is 2.28. The van der Waals surface area contributed by atoms with E-state index in [-0.39, 0.29) is 5.91 Å².